The number of carbonyl (C=O) groups excluding carboxylic acids is 1. The van der Waals surface area contributed by atoms with Gasteiger partial charge in [0.2, 0.25) is 5.91 Å². The molecule has 2 aliphatic rings. The third kappa shape index (κ3) is 5.39. The van der Waals surface area contributed by atoms with Crippen molar-refractivity contribution in [2.24, 2.45) is 0 Å². The second-order valence-corrected chi connectivity index (χ2v) is 10.5. The number of aromatic nitrogens is 2. The Morgan fingerprint density at radius 2 is 1.89 bits per heavy atom. The van der Waals surface area contributed by atoms with E-state index in [1.807, 2.05) is 18.2 Å². The number of pyridine rings is 1. The fraction of sp³-hybridized carbons (Fsp3) is 0.414. The third-order valence-electron chi connectivity index (χ3n) is 7.69. The average molecular weight is 520 g/mol. The van der Waals surface area contributed by atoms with Gasteiger partial charge in [-0.1, -0.05) is 25.3 Å². The van der Waals surface area contributed by atoms with Gasteiger partial charge in [-0.2, -0.15) is 0 Å². The summed E-state index contributed by atoms with van der Waals surface area (Å²) in [5.41, 5.74) is 5.27. The van der Waals surface area contributed by atoms with Crippen LogP contribution in [-0.4, -0.2) is 32.0 Å². The molecule has 3 heterocycles. The van der Waals surface area contributed by atoms with Crippen molar-refractivity contribution in [2.45, 2.75) is 70.5 Å². The predicted octanol–water partition coefficient (Wildman–Crippen LogP) is 6.15. The summed E-state index contributed by atoms with van der Waals surface area (Å²) in [7, 11) is 0. The number of hydrogen-bond donors (Lipinski definition) is 2. The van der Waals surface area contributed by atoms with Crippen LogP contribution in [0.3, 0.4) is 0 Å². The van der Waals surface area contributed by atoms with Gasteiger partial charge in [-0.15, -0.1) is 0 Å². The minimum Gasteiger partial charge on any atom is -0.352 e. The summed E-state index contributed by atoms with van der Waals surface area (Å²) >= 11 is 5.81. The minimum atomic E-state index is -0.333. The van der Waals surface area contributed by atoms with Gasteiger partial charge in [0.15, 0.2) is 5.11 Å². The van der Waals surface area contributed by atoms with Gasteiger partial charge in [0.1, 0.15) is 5.82 Å². The largest absolute Gasteiger partial charge is 0.352 e. The van der Waals surface area contributed by atoms with E-state index in [2.05, 4.69) is 45.0 Å². The molecular formula is C29H34FN5OS. The number of amides is 1. The van der Waals surface area contributed by atoms with E-state index in [0.717, 1.165) is 5.69 Å². The third-order valence-corrected chi connectivity index (χ3v) is 8.04. The molecule has 2 N–H and O–H groups in total. The van der Waals surface area contributed by atoms with E-state index >= 15 is 0 Å². The van der Waals surface area contributed by atoms with Crippen LogP contribution in [0.1, 0.15) is 79.3 Å². The summed E-state index contributed by atoms with van der Waals surface area (Å²) in [6, 6.07) is 14.4. The highest BCUT2D eigenvalue weighted by molar-refractivity contribution is 7.80. The molecule has 1 aliphatic heterocycles. The van der Waals surface area contributed by atoms with E-state index in [-0.39, 0.29) is 30.2 Å². The number of nitrogens with one attached hydrogen (secondary N) is 2. The van der Waals surface area contributed by atoms with Crippen molar-refractivity contribution < 1.29 is 9.18 Å². The molecule has 1 saturated heterocycles. The first kappa shape index (κ1) is 25.4. The van der Waals surface area contributed by atoms with E-state index < -0.39 is 0 Å². The number of rotatable bonds is 7. The van der Waals surface area contributed by atoms with Crippen molar-refractivity contribution in [3.63, 3.8) is 0 Å². The van der Waals surface area contributed by atoms with Gasteiger partial charge >= 0.3 is 0 Å². The molecule has 2 unspecified atom stereocenters. The highest BCUT2D eigenvalue weighted by atomic mass is 32.1. The number of aryl methyl sites for hydroxylation is 1. The van der Waals surface area contributed by atoms with Crippen LogP contribution in [0.25, 0.3) is 0 Å². The number of carbonyl (C=O) groups is 1. The van der Waals surface area contributed by atoms with Gasteiger partial charge in [0.05, 0.1) is 17.8 Å². The van der Waals surface area contributed by atoms with E-state index in [1.54, 1.807) is 18.3 Å². The Morgan fingerprint density at radius 3 is 2.59 bits per heavy atom. The number of anilines is 1. The van der Waals surface area contributed by atoms with Gasteiger partial charge in [-0.25, -0.2) is 4.39 Å². The Labute approximate surface area is 223 Å². The molecule has 8 heteroatoms. The Bertz CT molecular complexity index is 1250. The van der Waals surface area contributed by atoms with E-state index in [1.165, 1.54) is 61.2 Å². The van der Waals surface area contributed by atoms with Crippen LogP contribution in [-0.2, 0) is 4.79 Å². The van der Waals surface area contributed by atoms with Crippen LogP contribution in [0, 0.1) is 19.7 Å². The first-order chi connectivity index (χ1) is 17.9. The molecular weight excluding hydrogens is 485 g/mol. The van der Waals surface area contributed by atoms with Gasteiger partial charge < -0.3 is 20.1 Å². The van der Waals surface area contributed by atoms with Crippen molar-refractivity contribution in [3.8, 4) is 0 Å². The van der Waals surface area contributed by atoms with Gasteiger partial charge in [-0.05, 0) is 86.9 Å². The molecule has 37 heavy (non-hydrogen) atoms. The molecule has 6 nitrogen and oxygen atoms in total. The number of benzene rings is 1. The number of hydrogen-bond acceptors (Lipinski definition) is 3. The number of thiocarbonyl (C=S) groups is 1. The standard InChI is InChI=1S/C29H34FN5OS/c1-19-18-24(20(2)35(19)23-8-4-3-5-9-23)28-27(25-10-6-7-16-31-25)33-29(37)34(28)17-15-26(36)32-22-13-11-21(30)12-14-22/h6-7,10-14,16,18,23,27-28H,3-5,8-9,15,17H2,1-2H3,(H,32,36)(H,33,37). The topological polar surface area (TPSA) is 62.2 Å². The molecule has 0 radical (unpaired) electrons. The smallest absolute Gasteiger partial charge is 0.226 e. The molecule has 1 aliphatic carbocycles. The molecule has 3 aromatic rings. The zero-order valence-corrected chi connectivity index (χ0v) is 22.2. The summed E-state index contributed by atoms with van der Waals surface area (Å²) in [5.74, 6) is -0.470. The molecule has 0 bridgehead atoms. The van der Waals surface area contributed by atoms with Crippen molar-refractivity contribution in [2.75, 3.05) is 11.9 Å². The van der Waals surface area contributed by atoms with Crippen LogP contribution in [0.15, 0.2) is 54.7 Å². The van der Waals surface area contributed by atoms with Crippen LogP contribution in [0.5, 0.6) is 0 Å². The SMILES string of the molecule is Cc1cc(C2C(c3ccccn3)NC(=S)N2CCC(=O)Nc2ccc(F)cc2)c(C)n1C1CCCCC1. The van der Waals surface area contributed by atoms with Crippen LogP contribution >= 0.6 is 12.2 Å². The normalized spacial score (nSPS) is 20.2. The molecule has 2 atom stereocenters. The summed E-state index contributed by atoms with van der Waals surface area (Å²) in [6.07, 6.45) is 8.37. The Hall–Kier alpha value is -3.26. The maximum atomic E-state index is 13.2. The quantitative estimate of drug-likeness (QED) is 0.367. The first-order valence-corrected chi connectivity index (χ1v) is 13.5. The Balaban J connectivity index is 1.42. The zero-order chi connectivity index (χ0) is 25.9. The molecule has 0 spiro atoms. The van der Waals surface area contributed by atoms with Crippen LogP contribution < -0.4 is 10.6 Å². The van der Waals surface area contributed by atoms with E-state index in [4.69, 9.17) is 12.2 Å². The maximum Gasteiger partial charge on any atom is 0.226 e. The molecule has 5 rings (SSSR count). The molecule has 2 aromatic heterocycles. The predicted molar refractivity (Wildman–Crippen MR) is 148 cm³/mol. The lowest BCUT2D eigenvalue weighted by Gasteiger charge is -2.29. The van der Waals surface area contributed by atoms with Crippen LogP contribution in [0.2, 0.25) is 0 Å². The van der Waals surface area contributed by atoms with E-state index in [0.29, 0.717) is 23.4 Å². The molecule has 1 amide bonds. The number of nitrogens with zero attached hydrogens (tertiary/aromatic N) is 3. The molecule has 1 aromatic carbocycles. The van der Waals surface area contributed by atoms with Crippen molar-refractivity contribution in [1.29, 1.82) is 0 Å². The summed E-state index contributed by atoms with van der Waals surface area (Å²) in [5, 5.41) is 6.98. The average Bonchev–Trinajstić information content (AvgIpc) is 3.39. The maximum absolute atomic E-state index is 13.2. The lowest BCUT2D eigenvalue weighted by atomic mass is 9.94. The van der Waals surface area contributed by atoms with Crippen LogP contribution in [0.4, 0.5) is 10.1 Å². The summed E-state index contributed by atoms with van der Waals surface area (Å²) < 4.78 is 15.8. The van der Waals surface area contributed by atoms with Crippen molar-refractivity contribution in [3.05, 3.63) is 83.2 Å². The monoisotopic (exact) mass is 519 g/mol. The second kappa shape index (κ2) is 11.0. The summed E-state index contributed by atoms with van der Waals surface area (Å²) in [4.78, 5) is 19.6. The zero-order valence-electron chi connectivity index (χ0n) is 21.4. The molecule has 2 fully saturated rings. The Morgan fingerprint density at radius 1 is 1.14 bits per heavy atom. The molecule has 1 saturated carbocycles. The van der Waals surface area contributed by atoms with Crippen molar-refractivity contribution in [1.82, 2.24) is 19.8 Å². The summed E-state index contributed by atoms with van der Waals surface area (Å²) in [6.45, 7) is 4.87. The van der Waals surface area contributed by atoms with E-state index in [9.17, 15) is 9.18 Å². The van der Waals surface area contributed by atoms with Crippen molar-refractivity contribution >= 4 is 28.9 Å². The highest BCUT2D eigenvalue weighted by Gasteiger charge is 2.41. The fourth-order valence-electron chi connectivity index (χ4n) is 5.97. The van der Waals surface area contributed by atoms with Gasteiger partial charge in [-0.3, -0.25) is 9.78 Å². The minimum absolute atomic E-state index is 0.0791. The fourth-order valence-corrected chi connectivity index (χ4v) is 6.30. The first-order valence-electron chi connectivity index (χ1n) is 13.1. The number of halogens is 1. The highest BCUT2D eigenvalue weighted by Crippen LogP contribution is 2.42. The van der Waals surface area contributed by atoms with Gasteiger partial charge in [0, 0.05) is 42.3 Å². The lowest BCUT2D eigenvalue weighted by molar-refractivity contribution is -0.116. The lowest BCUT2D eigenvalue weighted by Crippen LogP contribution is -2.33. The van der Waals surface area contributed by atoms with Gasteiger partial charge in [0.25, 0.3) is 0 Å². The molecule has 194 valence electrons. The second-order valence-electron chi connectivity index (χ2n) is 10.1. The Kier molecular flexibility index (Phi) is 7.55.